The summed E-state index contributed by atoms with van der Waals surface area (Å²) < 4.78 is 27.7. The molecule has 0 amide bonds. The van der Waals surface area contributed by atoms with Crippen molar-refractivity contribution >= 4 is 33.0 Å². The summed E-state index contributed by atoms with van der Waals surface area (Å²) in [5, 5.41) is 7.01. The normalized spacial score (nSPS) is 20.2. The van der Waals surface area contributed by atoms with Gasteiger partial charge in [-0.1, -0.05) is 18.5 Å². The van der Waals surface area contributed by atoms with Gasteiger partial charge < -0.3 is 0 Å². The van der Waals surface area contributed by atoms with Crippen LogP contribution in [0.4, 0.5) is 0 Å². The number of nitrogens with one attached hydrogen (secondary N) is 1. The lowest BCUT2D eigenvalue weighted by Gasteiger charge is -2.20. The van der Waals surface area contributed by atoms with Gasteiger partial charge in [0.15, 0.2) is 5.82 Å². The largest absolute Gasteiger partial charge is 0.263 e. The SMILES string of the molecule is CCc1nc(C2CCCN2S(=O)(=O)c2ccc(Cl)s2)n[nH]1. The fourth-order valence-electron chi connectivity index (χ4n) is 2.45. The smallest absolute Gasteiger partial charge is 0.253 e. The average molecular weight is 347 g/mol. The van der Waals surface area contributed by atoms with Crippen molar-refractivity contribution in [3.63, 3.8) is 0 Å². The van der Waals surface area contributed by atoms with Crippen LogP contribution in [0.3, 0.4) is 0 Å². The number of hydrogen-bond acceptors (Lipinski definition) is 5. The second-order valence-corrected chi connectivity index (χ2v) is 8.66. The predicted octanol–water partition coefficient (Wildman–Crippen LogP) is 2.61. The Labute approximate surface area is 132 Å². The first kappa shape index (κ1) is 15.0. The molecule has 21 heavy (non-hydrogen) atoms. The Morgan fingerprint density at radius 2 is 2.33 bits per heavy atom. The fraction of sp³-hybridized carbons (Fsp3) is 0.500. The van der Waals surface area contributed by atoms with Crippen LogP contribution < -0.4 is 0 Å². The van der Waals surface area contributed by atoms with E-state index in [2.05, 4.69) is 15.2 Å². The van der Waals surface area contributed by atoms with Crippen LogP contribution in [0.15, 0.2) is 16.3 Å². The van der Waals surface area contributed by atoms with E-state index in [1.54, 1.807) is 12.1 Å². The molecule has 1 saturated heterocycles. The Morgan fingerprint density at radius 3 is 2.95 bits per heavy atom. The summed E-state index contributed by atoms with van der Waals surface area (Å²) in [5.74, 6) is 1.32. The minimum atomic E-state index is -3.54. The second kappa shape index (κ2) is 5.68. The minimum Gasteiger partial charge on any atom is -0.263 e. The molecule has 1 unspecified atom stereocenters. The third-order valence-electron chi connectivity index (χ3n) is 3.50. The van der Waals surface area contributed by atoms with Gasteiger partial charge in [-0.25, -0.2) is 13.4 Å². The zero-order valence-corrected chi connectivity index (χ0v) is 13.8. The second-order valence-electron chi connectivity index (χ2n) is 4.83. The van der Waals surface area contributed by atoms with Crippen molar-refractivity contribution in [3.05, 3.63) is 28.1 Å². The van der Waals surface area contributed by atoms with Crippen LogP contribution in [0, 0.1) is 0 Å². The zero-order valence-electron chi connectivity index (χ0n) is 11.4. The number of aromatic amines is 1. The van der Waals surface area contributed by atoms with E-state index < -0.39 is 10.0 Å². The van der Waals surface area contributed by atoms with E-state index in [1.807, 2.05) is 6.92 Å². The molecule has 1 atom stereocenters. The molecule has 1 aliphatic rings. The van der Waals surface area contributed by atoms with Gasteiger partial charge in [-0.2, -0.15) is 9.40 Å². The van der Waals surface area contributed by atoms with Gasteiger partial charge in [-0.05, 0) is 25.0 Å². The molecule has 9 heteroatoms. The summed E-state index contributed by atoms with van der Waals surface area (Å²) in [4.78, 5) is 4.38. The lowest BCUT2D eigenvalue weighted by Crippen LogP contribution is -2.30. The molecule has 3 rings (SSSR count). The van der Waals surface area contributed by atoms with Crippen molar-refractivity contribution in [2.45, 2.75) is 36.4 Å². The van der Waals surface area contributed by atoms with Gasteiger partial charge >= 0.3 is 0 Å². The number of halogens is 1. The Hall–Kier alpha value is -0.960. The molecular formula is C12H15ClN4O2S2. The highest BCUT2D eigenvalue weighted by Crippen LogP contribution is 2.37. The molecule has 2 aromatic heterocycles. The number of nitrogens with zero attached hydrogens (tertiary/aromatic N) is 3. The number of sulfonamides is 1. The summed E-state index contributed by atoms with van der Waals surface area (Å²) in [7, 11) is -3.54. The maximum Gasteiger partial charge on any atom is 0.253 e. The predicted molar refractivity (Wildman–Crippen MR) is 81.0 cm³/mol. The van der Waals surface area contributed by atoms with Crippen molar-refractivity contribution < 1.29 is 8.42 Å². The molecule has 1 aliphatic heterocycles. The monoisotopic (exact) mass is 346 g/mol. The van der Waals surface area contributed by atoms with Crippen molar-refractivity contribution in [2.24, 2.45) is 0 Å². The van der Waals surface area contributed by atoms with Gasteiger partial charge in [0.05, 0.1) is 10.4 Å². The summed E-state index contributed by atoms with van der Waals surface area (Å²) in [6.07, 6.45) is 2.28. The first-order valence-corrected chi connectivity index (χ1v) is 9.34. The highest BCUT2D eigenvalue weighted by Gasteiger charge is 2.38. The molecule has 2 aromatic rings. The molecule has 0 saturated carbocycles. The molecule has 3 heterocycles. The maximum atomic E-state index is 12.7. The number of hydrogen-bond donors (Lipinski definition) is 1. The molecule has 1 fully saturated rings. The lowest BCUT2D eigenvalue weighted by molar-refractivity contribution is 0.385. The van der Waals surface area contributed by atoms with Crippen LogP contribution >= 0.6 is 22.9 Å². The lowest BCUT2D eigenvalue weighted by atomic mass is 10.2. The number of aryl methyl sites for hydroxylation is 1. The molecule has 6 nitrogen and oxygen atoms in total. The first-order valence-electron chi connectivity index (χ1n) is 6.70. The standard InChI is InChI=1S/C12H15ClN4O2S2/c1-2-10-14-12(16-15-10)8-4-3-7-17(8)21(18,19)11-6-5-9(13)20-11/h5-6,8H,2-4,7H2,1H3,(H,14,15,16). The van der Waals surface area contributed by atoms with Crippen LogP contribution in [0.5, 0.6) is 0 Å². The minimum absolute atomic E-state index is 0.269. The molecule has 114 valence electrons. The third-order valence-corrected chi connectivity index (χ3v) is 7.10. The van der Waals surface area contributed by atoms with Crippen LogP contribution in [0.2, 0.25) is 4.34 Å². The van der Waals surface area contributed by atoms with Crippen molar-refractivity contribution in [1.29, 1.82) is 0 Å². The third kappa shape index (κ3) is 2.73. The van der Waals surface area contributed by atoms with Crippen molar-refractivity contribution in [1.82, 2.24) is 19.5 Å². The van der Waals surface area contributed by atoms with Gasteiger partial charge in [-0.3, -0.25) is 5.10 Å². The summed E-state index contributed by atoms with van der Waals surface area (Å²) in [6, 6.07) is 2.85. The fourth-order valence-corrected chi connectivity index (χ4v) is 5.72. The van der Waals surface area contributed by atoms with E-state index >= 15 is 0 Å². The highest BCUT2D eigenvalue weighted by molar-refractivity contribution is 7.91. The van der Waals surface area contributed by atoms with Crippen LogP contribution in [0.1, 0.15) is 37.5 Å². The van der Waals surface area contributed by atoms with Gasteiger partial charge in [-0.15, -0.1) is 11.3 Å². The molecular weight excluding hydrogens is 332 g/mol. The van der Waals surface area contributed by atoms with Gasteiger partial charge in [0.1, 0.15) is 10.0 Å². The maximum absolute atomic E-state index is 12.7. The number of H-pyrrole nitrogens is 1. The van der Waals surface area contributed by atoms with Crippen LogP contribution in [0.25, 0.3) is 0 Å². The van der Waals surface area contributed by atoms with Gasteiger partial charge in [0.2, 0.25) is 0 Å². The average Bonchev–Trinajstić information content (AvgIpc) is 3.17. The van der Waals surface area contributed by atoms with Crippen molar-refractivity contribution in [2.75, 3.05) is 6.54 Å². The number of rotatable bonds is 4. The Balaban J connectivity index is 1.93. The van der Waals surface area contributed by atoms with E-state index in [1.165, 1.54) is 4.31 Å². The van der Waals surface area contributed by atoms with E-state index in [4.69, 9.17) is 11.6 Å². The summed E-state index contributed by atoms with van der Waals surface area (Å²) in [6.45, 7) is 2.46. The van der Waals surface area contributed by atoms with Crippen molar-refractivity contribution in [3.8, 4) is 0 Å². The Kier molecular flexibility index (Phi) is 4.04. The molecule has 1 N–H and O–H groups in total. The number of aromatic nitrogens is 3. The van der Waals surface area contributed by atoms with Crippen LogP contribution in [-0.2, 0) is 16.4 Å². The number of thiophene rings is 1. The molecule has 0 bridgehead atoms. The van der Waals surface area contributed by atoms with Gasteiger partial charge in [0.25, 0.3) is 10.0 Å². The summed E-state index contributed by atoms with van der Waals surface area (Å²) in [5.41, 5.74) is 0. The van der Waals surface area contributed by atoms with Crippen LogP contribution in [-0.4, -0.2) is 34.4 Å². The van der Waals surface area contributed by atoms with Gasteiger partial charge in [0, 0.05) is 13.0 Å². The highest BCUT2D eigenvalue weighted by atomic mass is 35.5. The van der Waals surface area contributed by atoms with E-state index in [9.17, 15) is 8.42 Å². The molecule has 0 aliphatic carbocycles. The molecule has 0 spiro atoms. The summed E-state index contributed by atoms with van der Waals surface area (Å²) >= 11 is 6.93. The molecule has 0 radical (unpaired) electrons. The quantitative estimate of drug-likeness (QED) is 0.922. The van der Waals surface area contributed by atoms with E-state index in [0.717, 1.165) is 36.4 Å². The van der Waals surface area contributed by atoms with E-state index in [-0.39, 0.29) is 10.3 Å². The zero-order chi connectivity index (χ0) is 15.0. The topological polar surface area (TPSA) is 79.0 Å². The Morgan fingerprint density at radius 1 is 1.52 bits per heavy atom. The molecule has 0 aromatic carbocycles. The Bertz CT molecular complexity index is 740. The first-order chi connectivity index (χ1) is 10.0. The van der Waals surface area contributed by atoms with E-state index in [0.29, 0.717) is 16.7 Å².